The molecule has 2 aromatic rings. The zero-order chi connectivity index (χ0) is 24.3. The molecule has 0 unspecified atom stereocenters. The van der Waals surface area contributed by atoms with Crippen molar-refractivity contribution in [3.05, 3.63) is 58.9 Å². The Balaban J connectivity index is 1.92. The summed E-state index contributed by atoms with van der Waals surface area (Å²) in [6, 6.07) is 8.85. The lowest BCUT2D eigenvalue weighted by Crippen LogP contribution is -2.45. The molecular weight excluding hydrogens is 427 g/mol. The summed E-state index contributed by atoms with van der Waals surface area (Å²) in [5, 5.41) is 11.7. The van der Waals surface area contributed by atoms with Gasteiger partial charge in [0, 0.05) is 18.7 Å². The van der Waals surface area contributed by atoms with Gasteiger partial charge >= 0.3 is 5.97 Å². The first-order chi connectivity index (χ1) is 15.5. The third-order valence-electron chi connectivity index (χ3n) is 5.74. The van der Waals surface area contributed by atoms with E-state index in [0.717, 1.165) is 5.56 Å². The number of halogens is 1. The molecule has 1 heterocycles. The number of methoxy groups -OCH3 is 1. The largest absolute Gasteiger partial charge is 0.497 e. The maximum atomic E-state index is 14.7. The van der Waals surface area contributed by atoms with Gasteiger partial charge in [-0.2, -0.15) is 0 Å². The van der Waals surface area contributed by atoms with Crippen molar-refractivity contribution < 1.29 is 28.6 Å². The number of benzene rings is 2. The van der Waals surface area contributed by atoms with Crippen LogP contribution in [-0.2, 0) is 26.2 Å². The highest BCUT2D eigenvalue weighted by Gasteiger charge is 2.36. The van der Waals surface area contributed by atoms with Gasteiger partial charge in [0.25, 0.3) is 5.91 Å². The number of aliphatic carboxylic acids is 1. The molecule has 0 fully saturated rings. The molecule has 0 radical (unpaired) electrons. The molecule has 0 aliphatic carbocycles. The van der Waals surface area contributed by atoms with Crippen LogP contribution in [0, 0.1) is 5.82 Å². The van der Waals surface area contributed by atoms with Crippen molar-refractivity contribution >= 4 is 23.5 Å². The van der Waals surface area contributed by atoms with Gasteiger partial charge in [0.1, 0.15) is 17.6 Å². The second-order valence-electron chi connectivity index (χ2n) is 9.13. The Kier molecular flexibility index (Phi) is 7.05. The molecule has 0 bridgehead atoms. The SMILES string of the molecule is COc1ccc2c(c1)CCN(C(=O)CCC(=O)O)[C@H]2C(=O)Nc1ccc(C(C)(C)C)c(F)c1. The van der Waals surface area contributed by atoms with Crippen LogP contribution in [0.1, 0.15) is 56.3 Å². The predicted molar refractivity (Wildman–Crippen MR) is 122 cm³/mol. The zero-order valence-electron chi connectivity index (χ0n) is 19.3. The van der Waals surface area contributed by atoms with Crippen LogP contribution < -0.4 is 10.1 Å². The van der Waals surface area contributed by atoms with Crippen LogP contribution in [0.15, 0.2) is 36.4 Å². The number of carbonyl (C=O) groups excluding carboxylic acids is 2. The first-order valence-electron chi connectivity index (χ1n) is 10.8. The second kappa shape index (κ2) is 9.60. The maximum absolute atomic E-state index is 14.7. The molecule has 0 spiro atoms. The van der Waals surface area contributed by atoms with E-state index in [2.05, 4.69) is 5.32 Å². The minimum absolute atomic E-state index is 0.209. The van der Waals surface area contributed by atoms with E-state index in [9.17, 15) is 18.8 Å². The second-order valence-corrected chi connectivity index (χ2v) is 9.13. The number of carbonyl (C=O) groups is 3. The average Bonchev–Trinajstić information content (AvgIpc) is 2.75. The summed E-state index contributed by atoms with van der Waals surface area (Å²) in [5.41, 5.74) is 1.92. The molecule has 0 aromatic heterocycles. The number of hydrogen-bond acceptors (Lipinski definition) is 4. The molecule has 1 atom stereocenters. The molecule has 3 rings (SSSR count). The number of carboxylic acid groups (broad SMARTS) is 1. The summed E-state index contributed by atoms with van der Waals surface area (Å²) in [6.07, 6.45) is -0.0256. The van der Waals surface area contributed by atoms with E-state index in [-0.39, 0.29) is 30.5 Å². The van der Waals surface area contributed by atoms with Gasteiger partial charge in [-0.25, -0.2) is 4.39 Å². The van der Waals surface area contributed by atoms with Crippen LogP contribution in [0.3, 0.4) is 0 Å². The summed E-state index contributed by atoms with van der Waals surface area (Å²) < 4.78 is 19.9. The summed E-state index contributed by atoms with van der Waals surface area (Å²) >= 11 is 0. The zero-order valence-corrected chi connectivity index (χ0v) is 19.3. The van der Waals surface area contributed by atoms with E-state index >= 15 is 0 Å². The standard InChI is InChI=1S/C25H29FN2O5/c1-25(2,3)19-8-5-16(14-20(19)26)27-24(32)23-18-7-6-17(33-4)13-15(18)11-12-28(23)21(29)9-10-22(30)31/h5-8,13-14,23H,9-12H2,1-4H3,(H,27,32)(H,30,31)/t23-/m1/s1. The van der Waals surface area contributed by atoms with Crippen LogP contribution >= 0.6 is 0 Å². The topological polar surface area (TPSA) is 95.9 Å². The van der Waals surface area contributed by atoms with Crippen LogP contribution in [0.25, 0.3) is 0 Å². The lowest BCUT2D eigenvalue weighted by Gasteiger charge is -2.36. The lowest BCUT2D eigenvalue weighted by atomic mass is 9.86. The van der Waals surface area contributed by atoms with Gasteiger partial charge < -0.3 is 20.1 Å². The molecule has 33 heavy (non-hydrogen) atoms. The Morgan fingerprint density at radius 3 is 2.48 bits per heavy atom. The highest BCUT2D eigenvalue weighted by molar-refractivity contribution is 5.98. The first-order valence-corrected chi connectivity index (χ1v) is 10.8. The Hall–Kier alpha value is -3.42. The van der Waals surface area contributed by atoms with Gasteiger partial charge in [0.15, 0.2) is 0 Å². The number of carboxylic acids is 1. The number of amides is 2. The van der Waals surface area contributed by atoms with Gasteiger partial charge in [-0.15, -0.1) is 0 Å². The van der Waals surface area contributed by atoms with Crippen LogP contribution in [0.5, 0.6) is 5.75 Å². The van der Waals surface area contributed by atoms with Crippen LogP contribution in [-0.4, -0.2) is 41.4 Å². The summed E-state index contributed by atoms with van der Waals surface area (Å²) in [6.45, 7) is 5.96. The van der Waals surface area contributed by atoms with Crippen molar-refractivity contribution in [1.82, 2.24) is 4.90 Å². The molecule has 2 N–H and O–H groups in total. The fourth-order valence-electron chi connectivity index (χ4n) is 4.05. The Morgan fingerprint density at radius 2 is 1.88 bits per heavy atom. The van der Waals surface area contributed by atoms with Crippen molar-refractivity contribution in [3.8, 4) is 5.75 Å². The monoisotopic (exact) mass is 456 g/mol. The number of hydrogen-bond donors (Lipinski definition) is 2. The van der Waals surface area contributed by atoms with E-state index < -0.39 is 29.6 Å². The normalized spacial score (nSPS) is 15.5. The summed E-state index contributed by atoms with van der Waals surface area (Å²) in [4.78, 5) is 38.5. The third-order valence-corrected chi connectivity index (χ3v) is 5.74. The third kappa shape index (κ3) is 5.50. The molecule has 7 nitrogen and oxygen atoms in total. The Bertz CT molecular complexity index is 1080. The quantitative estimate of drug-likeness (QED) is 0.683. The number of nitrogens with zero attached hydrogens (tertiary/aromatic N) is 1. The number of fused-ring (bicyclic) bond motifs is 1. The predicted octanol–water partition coefficient (Wildman–Crippen LogP) is 4.06. The van der Waals surface area contributed by atoms with Crippen molar-refractivity contribution in [2.24, 2.45) is 0 Å². The summed E-state index contributed by atoms with van der Waals surface area (Å²) in [7, 11) is 1.55. The minimum atomic E-state index is -1.08. The van der Waals surface area contributed by atoms with Gasteiger partial charge in [0.2, 0.25) is 5.91 Å². The van der Waals surface area contributed by atoms with Crippen LogP contribution in [0.2, 0.25) is 0 Å². The number of ether oxygens (including phenoxy) is 1. The van der Waals surface area contributed by atoms with Crippen molar-refractivity contribution in [2.75, 3.05) is 19.0 Å². The first kappa shape index (κ1) is 24.2. The molecule has 1 aliphatic rings. The smallest absolute Gasteiger partial charge is 0.303 e. The van der Waals surface area contributed by atoms with Crippen molar-refractivity contribution in [1.29, 1.82) is 0 Å². The van der Waals surface area contributed by atoms with Crippen molar-refractivity contribution in [3.63, 3.8) is 0 Å². The summed E-state index contributed by atoms with van der Waals surface area (Å²) in [5.74, 6) is -1.79. The van der Waals surface area contributed by atoms with E-state index in [0.29, 0.717) is 23.3 Å². The van der Waals surface area contributed by atoms with Gasteiger partial charge in [-0.05, 0) is 52.8 Å². The van der Waals surface area contributed by atoms with Gasteiger partial charge in [-0.3, -0.25) is 14.4 Å². The van der Waals surface area contributed by atoms with Crippen molar-refractivity contribution in [2.45, 2.75) is 51.5 Å². The van der Waals surface area contributed by atoms with Gasteiger partial charge in [0.05, 0.1) is 13.5 Å². The average molecular weight is 457 g/mol. The molecule has 176 valence electrons. The highest BCUT2D eigenvalue weighted by atomic mass is 19.1. The molecule has 2 amide bonds. The fraction of sp³-hybridized carbons (Fsp3) is 0.400. The number of nitrogens with one attached hydrogen (secondary N) is 1. The number of rotatable bonds is 6. The Morgan fingerprint density at radius 1 is 1.15 bits per heavy atom. The lowest BCUT2D eigenvalue weighted by molar-refractivity contribution is -0.143. The minimum Gasteiger partial charge on any atom is -0.497 e. The molecule has 0 saturated heterocycles. The molecule has 8 heteroatoms. The fourth-order valence-corrected chi connectivity index (χ4v) is 4.05. The molecule has 1 aliphatic heterocycles. The van der Waals surface area contributed by atoms with E-state index in [4.69, 9.17) is 9.84 Å². The van der Waals surface area contributed by atoms with Crippen LogP contribution in [0.4, 0.5) is 10.1 Å². The molecule has 2 aromatic carbocycles. The number of anilines is 1. The maximum Gasteiger partial charge on any atom is 0.303 e. The highest BCUT2D eigenvalue weighted by Crippen LogP contribution is 2.34. The van der Waals surface area contributed by atoms with Gasteiger partial charge in [-0.1, -0.05) is 32.9 Å². The van der Waals surface area contributed by atoms with E-state index in [1.54, 1.807) is 31.4 Å². The Labute approximate surface area is 192 Å². The van der Waals surface area contributed by atoms with E-state index in [1.807, 2.05) is 26.8 Å². The molecular formula is C25H29FN2O5. The molecule has 0 saturated carbocycles. The van der Waals surface area contributed by atoms with E-state index in [1.165, 1.54) is 11.0 Å².